The van der Waals surface area contributed by atoms with Crippen molar-refractivity contribution in [2.24, 2.45) is 0 Å². The minimum absolute atomic E-state index is 0.824. The first-order valence-electron chi connectivity index (χ1n) is 29.0. The van der Waals surface area contributed by atoms with Crippen LogP contribution in [-0.4, -0.2) is 379 Å². The monoisotopic (exact) mass is 1330 g/mol. The molecule has 0 aromatic carbocycles. The number of carbonyl (C=O) groups is 4. The van der Waals surface area contributed by atoms with Crippen molar-refractivity contribution in [2.75, 3.05) is 33.0 Å². The van der Waals surface area contributed by atoms with Crippen LogP contribution in [0.2, 0.25) is 0 Å². The van der Waals surface area contributed by atoms with Gasteiger partial charge in [0.25, 0.3) is 5.79 Å². The Balaban J connectivity index is 1.25. The quantitative estimate of drug-likeness (QED) is 0.0452. The van der Waals surface area contributed by atoms with Crippen molar-refractivity contribution in [2.45, 2.75) is 261 Å². The molecule has 7 aliphatic rings. The maximum atomic E-state index is 13.4. The molecule has 7 saturated heterocycles. The van der Waals surface area contributed by atoms with E-state index in [0.717, 1.165) is 20.8 Å². The average molecular weight is 1330 g/mol. The number of aliphatic hydroxyl groups excluding tert-OH is 19. The van der Waals surface area contributed by atoms with Crippen molar-refractivity contribution >= 4 is 23.7 Å². The zero-order valence-electron chi connectivity index (χ0n) is 49.3. The molecule has 7 rings (SSSR count). The van der Waals surface area contributed by atoms with Crippen molar-refractivity contribution < 1.29 is 183 Å². The van der Waals surface area contributed by atoms with E-state index >= 15 is 0 Å². The number of rotatable bonds is 23. The van der Waals surface area contributed by atoms with Crippen LogP contribution in [0, 0.1) is 0 Å². The molecule has 3 amide bonds. The standard InChI is InChI=1S/C51H85N3O37/c1-12-26(65)31(70)33(72)46(79-12)87-40-24(53-15(4)61)44(76)81-21(10-58)37(40)85-48-35(74)42(29(68)19(8-56)82-48)89-45-25(54-16(5)62)41(88-47-34(73)32(71)27(66)13(2)80-47)38(22(11-59)84-45)86-49-36(75)43(30(69)20(9-57)83-49)91-51(50(77)78)6-17(63)23(52-14(3)60)39(90-51)28(67)18(64)7-55/h12-13,17-49,55-59,63-76H,6-11H2,1-5H3,(H,52,60)(H,53,61)(H,54,62)(H,77,78)/t12-,13-,17-,18+,19+,20+,21+,22+,23+,24+,25+,26+,27+,28+,29-,30-,31+,32+,33-,34-,35+,36+,37+,38+,39+,40+,41+,42-,43-,44?,45-,46-,47-,48-,49-,51-/m0/s1. The highest BCUT2D eigenvalue weighted by molar-refractivity contribution is 5.77. The van der Waals surface area contributed by atoms with E-state index < -0.39 is 284 Å². The molecule has 0 aliphatic carbocycles. The van der Waals surface area contributed by atoms with Gasteiger partial charge in [-0.2, -0.15) is 0 Å². The molecule has 36 atom stereocenters. The third-order valence-electron chi connectivity index (χ3n) is 16.6. The number of aliphatic hydroxyl groups is 19. The Labute approximate surface area is 516 Å². The van der Waals surface area contributed by atoms with Crippen LogP contribution in [0.1, 0.15) is 41.0 Å². The lowest BCUT2D eigenvalue weighted by molar-refractivity contribution is -0.400. The summed E-state index contributed by atoms with van der Waals surface area (Å²) >= 11 is 0. The summed E-state index contributed by atoms with van der Waals surface area (Å²) in [6.45, 7) is -0.361. The fourth-order valence-electron chi connectivity index (χ4n) is 11.8. The zero-order chi connectivity index (χ0) is 67.6. The molecule has 1 unspecified atom stereocenters. The van der Waals surface area contributed by atoms with E-state index in [-0.39, 0.29) is 0 Å². The van der Waals surface area contributed by atoms with Crippen LogP contribution in [0.15, 0.2) is 0 Å². The number of carboxylic acids is 1. The van der Waals surface area contributed by atoms with Crippen LogP contribution >= 0.6 is 0 Å². The third kappa shape index (κ3) is 16.2. The second kappa shape index (κ2) is 31.6. The van der Waals surface area contributed by atoms with Gasteiger partial charge in [0.15, 0.2) is 37.7 Å². The van der Waals surface area contributed by atoms with E-state index in [1.165, 1.54) is 13.8 Å². The van der Waals surface area contributed by atoms with Gasteiger partial charge in [-0.1, -0.05) is 0 Å². The molecule has 0 saturated carbocycles. The maximum Gasteiger partial charge on any atom is 0.364 e. The van der Waals surface area contributed by atoms with Gasteiger partial charge in [0, 0.05) is 27.2 Å². The Morgan fingerprint density at radius 1 is 0.451 bits per heavy atom. The summed E-state index contributed by atoms with van der Waals surface area (Å²) in [5, 5.41) is 227. The Hall–Kier alpha value is -3.40. The molecule has 7 fully saturated rings. The molecule has 0 radical (unpaired) electrons. The Morgan fingerprint density at radius 2 is 0.835 bits per heavy atom. The number of hydrogen-bond donors (Lipinski definition) is 23. The number of carboxylic acid groups (broad SMARTS) is 1. The molecule has 23 N–H and O–H groups in total. The van der Waals surface area contributed by atoms with Gasteiger partial charge in [-0.05, 0) is 13.8 Å². The van der Waals surface area contributed by atoms with E-state index in [1.807, 2.05) is 0 Å². The van der Waals surface area contributed by atoms with Gasteiger partial charge < -0.3 is 180 Å². The Bertz CT molecular complexity index is 2380. The van der Waals surface area contributed by atoms with Crippen LogP contribution in [0.3, 0.4) is 0 Å². The van der Waals surface area contributed by atoms with Crippen LogP contribution in [0.5, 0.6) is 0 Å². The number of hydrogen-bond acceptors (Lipinski definition) is 36. The second-order valence-electron chi connectivity index (χ2n) is 23.2. The first-order chi connectivity index (χ1) is 42.8. The molecule has 7 aliphatic heterocycles. The van der Waals surface area contributed by atoms with Crippen molar-refractivity contribution in [1.82, 2.24) is 16.0 Å². The molecule has 0 spiro atoms. The van der Waals surface area contributed by atoms with Crippen molar-refractivity contribution in [3.05, 3.63) is 0 Å². The molecular formula is C51H85N3O37. The third-order valence-corrected chi connectivity index (χ3v) is 16.6. The molecule has 40 heteroatoms. The highest BCUT2D eigenvalue weighted by atomic mass is 16.8. The highest BCUT2D eigenvalue weighted by Crippen LogP contribution is 2.41. The molecule has 0 aromatic heterocycles. The predicted octanol–water partition coefficient (Wildman–Crippen LogP) is -14.6. The molecule has 526 valence electrons. The van der Waals surface area contributed by atoms with Crippen LogP contribution < -0.4 is 16.0 Å². The lowest BCUT2D eigenvalue weighted by Gasteiger charge is -2.52. The zero-order valence-corrected chi connectivity index (χ0v) is 49.3. The lowest BCUT2D eigenvalue weighted by Crippen LogP contribution is -2.72. The average Bonchev–Trinajstić information content (AvgIpc) is 0.772. The smallest absolute Gasteiger partial charge is 0.364 e. The van der Waals surface area contributed by atoms with Crippen LogP contribution in [-0.2, 0) is 80.8 Å². The van der Waals surface area contributed by atoms with Gasteiger partial charge in [0.2, 0.25) is 17.7 Å². The van der Waals surface area contributed by atoms with Gasteiger partial charge in [-0.25, -0.2) is 4.79 Å². The van der Waals surface area contributed by atoms with E-state index in [2.05, 4.69) is 16.0 Å². The van der Waals surface area contributed by atoms with Crippen molar-refractivity contribution in [3.8, 4) is 0 Å². The second-order valence-corrected chi connectivity index (χ2v) is 23.2. The van der Waals surface area contributed by atoms with Crippen LogP contribution in [0.4, 0.5) is 0 Å². The van der Waals surface area contributed by atoms with Gasteiger partial charge >= 0.3 is 5.97 Å². The minimum Gasteiger partial charge on any atom is -0.477 e. The van der Waals surface area contributed by atoms with Gasteiger partial charge in [0.05, 0.1) is 57.4 Å². The van der Waals surface area contributed by atoms with Crippen molar-refractivity contribution in [3.63, 3.8) is 0 Å². The van der Waals surface area contributed by atoms with Crippen LogP contribution in [0.25, 0.3) is 0 Å². The molecule has 0 aromatic rings. The SMILES string of the molecule is CC(=O)N[C@H]1[C@H](O[C@H]2[C@@H](O)[C@@H](CO)O[C@@H](O[C@H]3[C@H](O[C@@H]4O[C@@H](C)[C@@H](O)[C@@H](O)[C@@H]4O)[C@@H](NC(C)=O)C(O)O[C@@H]3CO)[C@@H]2O)O[C@H](CO)[C@@H](O[C@@H]2O[C@H](CO)[C@H](O)[C@H](O[C@]3(C(=O)O)C[C@H](O)[C@@H](NC(C)=O)[C@H]([C@H](O)[C@H](O)CO)O3)[C@H]2O)[C@@H]1O[C@@H]1O[C@@H](C)[C@@H](O)[C@@H](O)[C@@H]1O. The first-order valence-corrected chi connectivity index (χ1v) is 29.0. The van der Waals surface area contributed by atoms with Gasteiger partial charge in [0.1, 0.15) is 152 Å². The molecule has 40 nitrogen and oxygen atoms in total. The molecule has 0 bridgehead atoms. The Kier molecular flexibility index (Phi) is 26.1. The number of amides is 3. The summed E-state index contributed by atoms with van der Waals surface area (Å²) in [6, 6.07) is -5.46. The lowest BCUT2D eigenvalue weighted by atomic mass is 9.88. The molecular weight excluding hydrogens is 1250 g/mol. The minimum atomic E-state index is -3.28. The predicted molar refractivity (Wildman–Crippen MR) is 281 cm³/mol. The number of aliphatic carboxylic acids is 1. The summed E-state index contributed by atoms with van der Waals surface area (Å²) in [6.07, 6.45) is -66.4. The van der Waals surface area contributed by atoms with E-state index in [9.17, 15) is 121 Å². The number of carbonyl (C=O) groups excluding carboxylic acids is 3. The van der Waals surface area contributed by atoms with E-state index in [4.69, 9.17) is 61.6 Å². The maximum absolute atomic E-state index is 13.4. The van der Waals surface area contributed by atoms with Crippen molar-refractivity contribution in [1.29, 1.82) is 0 Å². The summed E-state index contributed by atoms with van der Waals surface area (Å²) < 4.78 is 76.9. The van der Waals surface area contributed by atoms with E-state index in [0.29, 0.717) is 0 Å². The largest absolute Gasteiger partial charge is 0.477 e. The van der Waals surface area contributed by atoms with Gasteiger partial charge in [-0.3, -0.25) is 14.4 Å². The fourth-order valence-corrected chi connectivity index (χ4v) is 11.8. The Morgan fingerprint density at radius 3 is 1.29 bits per heavy atom. The number of ether oxygens (including phenoxy) is 13. The van der Waals surface area contributed by atoms with Gasteiger partial charge in [-0.15, -0.1) is 0 Å². The summed E-state index contributed by atoms with van der Waals surface area (Å²) in [5.74, 6) is -8.09. The fraction of sp³-hybridized carbons (Fsp3) is 0.922. The summed E-state index contributed by atoms with van der Waals surface area (Å²) in [4.78, 5) is 51.4. The number of nitrogens with one attached hydrogen (secondary N) is 3. The molecule has 7 heterocycles. The summed E-state index contributed by atoms with van der Waals surface area (Å²) in [5.41, 5.74) is 0. The summed E-state index contributed by atoms with van der Waals surface area (Å²) in [7, 11) is 0. The topological polar surface area (TPSA) is 629 Å². The highest BCUT2D eigenvalue weighted by Gasteiger charge is 2.62. The first kappa shape index (κ1) is 75.0. The molecule has 91 heavy (non-hydrogen) atoms. The van der Waals surface area contributed by atoms with E-state index in [1.54, 1.807) is 0 Å². The normalized spacial score (nSPS) is 48.0.